The number of aliphatic hydroxyl groups excluding tert-OH is 1. The molecule has 2 N–H and O–H groups in total. The molecule has 0 aliphatic heterocycles. The summed E-state index contributed by atoms with van der Waals surface area (Å²) in [4.78, 5) is 0. The van der Waals surface area contributed by atoms with Crippen molar-refractivity contribution < 1.29 is 14.6 Å². The molecular formula is C13H21NO3. The highest BCUT2D eigenvalue weighted by Crippen LogP contribution is 2.04. The van der Waals surface area contributed by atoms with E-state index in [2.05, 4.69) is 5.32 Å². The lowest BCUT2D eigenvalue weighted by atomic mass is 10.3. The Labute approximate surface area is 103 Å². The van der Waals surface area contributed by atoms with Crippen LogP contribution in [0.3, 0.4) is 0 Å². The van der Waals surface area contributed by atoms with E-state index in [9.17, 15) is 5.11 Å². The maximum Gasteiger partial charge on any atom is 0.0945 e. The average molecular weight is 239 g/mol. The molecule has 1 atom stereocenters. The summed E-state index contributed by atoms with van der Waals surface area (Å²) in [6.07, 6.45) is -0.503. The second kappa shape index (κ2) is 8.98. The van der Waals surface area contributed by atoms with Crippen LogP contribution < -0.4 is 5.32 Å². The summed E-state index contributed by atoms with van der Waals surface area (Å²) in [7, 11) is 0. The van der Waals surface area contributed by atoms with Crippen molar-refractivity contribution in [2.75, 3.05) is 38.3 Å². The van der Waals surface area contributed by atoms with Crippen molar-refractivity contribution in [3.8, 4) is 0 Å². The third-order valence-corrected chi connectivity index (χ3v) is 2.20. The fraction of sp³-hybridized carbons (Fsp3) is 0.538. The Morgan fingerprint density at radius 2 is 1.88 bits per heavy atom. The summed E-state index contributed by atoms with van der Waals surface area (Å²) in [5.74, 6) is 0. The number of hydrogen-bond donors (Lipinski definition) is 2. The summed E-state index contributed by atoms with van der Waals surface area (Å²) >= 11 is 0. The lowest BCUT2D eigenvalue weighted by Gasteiger charge is -2.13. The number of benzene rings is 1. The summed E-state index contributed by atoms with van der Waals surface area (Å²) in [6, 6.07) is 9.78. The van der Waals surface area contributed by atoms with Crippen molar-refractivity contribution >= 4 is 5.69 Å². The molecule has 0 unspecified atom stereocenters. The molecule has 0 bridgehead atoms. The molecule has 1 rings (SSSR count). The van der Waals surface area contributed by atoms with Gasteiger partial charge in [-0.3, -0.25) is 0 Å². The summed E-state index contributed by atoms with van der Waals surface area (Å²) < 4.78 is 10.4. The van der Waals surface area contributed by atoms with Gasteiger partial charge in [0.25, 0.3) is 0 Å². The molecule has 17 heavy (non-hydrogen) atoms. The first-order valence-corrected chi connectivity index (χ1v) is 5.95. The summed E-state index contributed by atoms with van der Waals surface area (Å²) in [5.41, 5.74) is 1.00. The van der Waals surface area contributed by atoms with Gasteiger partial charge in [-0.2, -0.15) is 0 Å². The van der Waals surface area contributed by atoms with Crippen LogP contribution in [-0.4, -0.2) is 44.2 Å². The van der Waals surface area contributed by atoms with Gasteiger partial charge in [0.15, 0.2) is 0 Å². The molecule has 1 aromatic rings. The van der Waals surface area contributed by atoms with E-state index in [0.717, 1.165) is 5.69 Å². The lowest BCUT2D eigenvalue weighted by Crippen LogP contribution is -2.25. The number of rotatable bonds is 9. The second-order valence-corrected chi connectivity index (χ2v) is 3.67. The van der Waals surface area contributed by atoms with E-state index in [1.54, 1.807) is 0 Å². The zero-order valence-electron chi connectivity index (χ0n) is 10.3. The van der Waals surface area contributed by atoms with Gasteiger partial charge in [-0.15, -0.1) is 0 Å². The van der Waals surface area contributed by atoms with Crippen molar-refractivity contribution in [3.63, 3.8) is 0 Å². The Hall–Kier alpha value is -1.10. The molecule has 0 amide bonds. The van der Waals surface area contributed by atoms with Crippen LogP contribution in [0.25, 0.3) is 0 Å². The molecule has 1 aromatic carbocycles. The van der Waals surface area contributed by atoms with E-state index >= 15 is 0 Å². The van der Waals surface area contributed by atoms with Gasteiger partial charge in [-0.25, -0.2) is 0 Å². The largest absolute Gasteiger partial charge is 0.389 e. The van der Waals surface area contributed by atoms with E-state index in [1.807, 2.05) is 37.3 Å². The van der Waals surface area contributed by atoms with Gasteiger partial charge in [0, 0.05) is 18.8 Å². The van der Waals surface area contributed by atoms with E-state index < -0.39 is 6.10 Å². The molecule has 0 heterocycles. The fourth-order valence-corrected chi connectivity index (χ4v) is 1.33. The molecule has 96 valence electrons. The highest BCUT2D eigenvalue weighted by molar-refractivity contribution is 5.42. The van der Waals surface area contributed by atoms with E-state index in [-0.39, 0.29) is 0 Å². The first-order chi connectivity index (χ1) is 8.33. The minimum absolute atomic E-state index is 0.326. The predicted molar refractivity (Wildman–Crippen MR) is 68.3 cm³/mol. The zero-order chi connectivity index (χ0) is 12.3. The molecule has 0 aliphatic rings. The van der Waals surface area contributed by atoms with Gasteiger partial charge in [-0.1, -0.05) is 18.2 Å². The Balaban J connectivity index is 2.03. The minimum atomic E-state index is -0.503. The van der Waals surface area contributed by atoms with Crippen LogP contribution in [0.15, 0.2) is 30.3 Å². The maximum absolute atomic E-state index is 9.64. The highest BCUT2D eigenvalue weighted by atomic mass is 16.5. The predicted octanol–water partition coefficient (Wildman–Crippen LogP) is 1.51. The third kappa shape index (κ3) is 6.94. The zero-order valence-corrected chi connectivity index (χ0v) is 10.3. The number of nitrogens with one attached hydrogen (secondary N) is 1. The molecule has 0 spiro atoms. The molecule has 4 nitrogen and oxygen atoms in total. The maximum atomic E-state index is 9.64. The Morgan fingerprint density at radius 1 is 1.18 bits per heavy atom. The SMILES string of the molecule is CCOCCOC[C@@H](O)CNc1ccccc1. The minimum Gasteiger partial charge on any atom is -0.389 e. The number of aliphatic hydroxyl groups is 1. The van der Waals surface area contributed by atoms with Gasteiger partial charge in [0.2, 0.25) is 0 Å². The number of para-hydroxylation sites is 1. The normalized spacial score (nSPS) is 12.4. The topological polar surface area (TPSA) is 50.7 Å². The monoisotopic (exact) mass is 239 g/mol. The Bertz CT molecular complexity index is 279. The molecular weight excluding hydrogens is 218 g/mol. The van der Waals surface area contributed by atoms with Crippen molar-refractivity contribution in [3.05, 3.63) is 30.3 Å². The third-order valence-electron chi connectivity index (χ3n) is 2.20. The van der Waals surface area contributed by atoms with Crippen LogP contribution in [0.1, 0.15) is 6.92 Å². The molecule has 0 radical (unpaired) electrons. The molecule has 0 saturated carbocycles. The summed E-state index contributed by atoms with van der Waals surface area (Å²) in [6.45, 7) is 4.55. The quantitative estimate of drug-likeness (QED) is 0.641. The average Bonchev–Trinajstić information content (AvgIpc) is 2.37. The van der Waals surface area contributed by atoms with Crippen LogP contribution in [-0.2, 0) is 9.47 Å². The van der Waals surface area contributed by atoms with Crippen molar-refractivity contribution in [2.24, 2.45) is 0 Å². The standard InChI is InChI=1S/C13H21NO3/c1-2-16-8-9-17-11-13(15)10-14-12-6-4-3-5-7-12/h3-7,13-15H,2,8-11H2,1H3/t13-/m0/s1. The Morgan fingerprint density at radius 3 is 2.59 bits per heavy atom. The van der Waals surface area contributed by atoms with Gasteiger partial charge < -0.3 is 19.9 Å². The van der Waals surface area contributed by atoms with Gasteiger partial charge in [0.05, 0.1) is 25.9 Å². The number of anilines is 1. The molecule has 0 saturated heterocycles. The number of hydrogen-bond acceptors (Lipinski definition) is 4. The van der Waals surface area contributed by atoms with Gasteiger partial charge in [0.1, 0.15) is 0 Å². The van der Waals surface area contributed by atoms with E-state index in [0.29, 0.717) is 33.0 Å². The van der Waals surface area contributed by atoms with Crippen LogP contribution in [0.4, 0.5) is 5.69 Å². The second-order valence-electron chi connectivity index (χ2n) is 3.67. The first-order valence-electron chi connectivity index (χ1n) is 5.95. The molecule has 4 heteroatoms. The smallest absolute Gasteiger partial charge is 0.0945 e. The van der Waals surface area contributed by atoms with Crippen LogP contribution in [0, 0.1) is 0 Å². The Kier molecular flexibility index (Phi) is 7.38. The van der Waals surface area contributed by atoms with Crippen LogP contribution in [0.5, 0.6) is 0 Å². The first kappa shape index (κ1) is 14.0. The fourth-order valence-electron chi connectivity index (χ4n) is 1.33. The molecule has 0 aromatic heterocycles. The van der Waals surface area contributed by atoms with Crippen molar-refractivity contribution in [2.45, 2.75) is 13.0 Å². The van der Waals surface area contributed by atoms with Crippen molar-refractivity contribution in [1.29, 1.82) is 0 Å². The van der Waals surface area contributed by atoms with Crippen LogP contribution in [0.2, 0.25) is 0 Å². The van der Waals surface area contributed by atoms with E-state index in [1.165, 1.54) is 0 Å². The van der Waals surface area contributed by atoms with Gasteiger partial charge >= 0.3 is 0 Å². The number of ether oxygens (including phenoxy) is 2. The summed E-state index contributed by atoms with van der Waals surface area (Å²) in [5, 5.41) is 12.8. The van der Waals surface area contributed by atoms with Crippen molar-refractivity contribution in [1.82, 2.24) is 0 Å². The van der Waals surface area contributed by atoms with Gasteiger partial charge in [-0.05, 0) is 19.1 Å². The lowest BCUT2D eigenvalue weighted by molar-refractivity contribution is 0.0103. The molecule has 0 aliphatic carbocycles. The van der Waals surface area contributed by atoms with E-state index in [4.69, 9.17) is 9.47 Å². The highest BCUT2D eigenvalue weighted by Gasteiger charge is 2.03. The van der Waals surface area contributed by atoms with Crippen LogP contribution >= 0.6 is 0 Å². The molecule has 0 fully saturated rings.